The summed E-state index contributed by atoms with van der Waals surface area (Å²) >= 11 is 0. The summed E-state index contributed by atoms with van der Waals surface area (Å²) < 4.78 is 64.1. The summed E-state index contributed by atoms with van der Waals surface area (Å²) in [6, 6.07) is 8.93. The molecular formula is C40H47F3N8O9. The fourth-order valence-electron chi connectivity index (χ4n) is 7.98. The molecule has 1 atom stereocenters. The van der Waals surface area contributed by atoms with E-state index in [1.165, 1.54) is 10.9 Å². The normalized spacial score (nSPS) is 19.7. The maximum atomic E-state index is 13.3. The van der Waals surface area contributed by atoms with Crippen LogP contribution < -0.4 is 16.0 Å². The Hall–Kier alpha value is -5.44. The van der Waals surface area contributed by atoms with Gasteiger partial charge in [-0.1, -0.05) is 6.07 Å². The summed E-state index contributed by atoms with van der Waals surface area (Å²) in [5.41, 5.74) is 3.24. The number of anilines is 1. The van der Waals surface area contributed by atoms with Crippen LogP contribution in [0.5, 0.6) is 0 Å². The van der Waals surface area contributed by atoms with Crippen molar-refractivity contribution in [2.24, 2.45) is 13.0 Å². The van der Waals surface area contributed by atoms with Crippen molar-refractivity contribution in [2.75, 3.05) is 71.3 Å². The fraction of sp³-hybridized carbons (Fsp3) is 0.525. The molecule has 17 nitrogen and oxygen atoms in total. The van der Waals surface area contributed by atoms with Crippen molar-refractivity contribution in [1.82, 2.24) is 35.1 Å². The minimum Gasteiger partial charge on any atom is -0.382 e. The number of carbonyl (C=O) groups is 5. The molecular weight excluding hydrogens is 793 g/mol. The molecule has 0 radical (unpaired) electrons. The van der Waals surface area contributed by atoms with Gasteiger partial charge >= 0.3 is 6.18 Å². The van der Waals surface area contributed by atoms with Crippen LogP contribution >= 0.6 is 0 Å². The van der Waals surface area contributed by atoms with E-state index in [4.69, 9.17) is 18.9 Å². The molecule has 3 N–H and O–H groups in total. The second kappa shape index (κ2) is 18.9. The molecule has 4 heterocycles. The van der Waals surface area contributed by atoms with Crippen LogP contribution in [0.25, 0.3) is 22.1 Å². The third-order valence-electron chi connectivity index (χ3n) is 10.9. The topological polar surface area (TPSA) is 197 Å². The number of amides is 5. The zero-order valence-corrected chi connectivity index (χ0v) is 33.1. The Morgan fingerprint density at radius 1 is 0.833 bits per heavy atom. The first kappa shape index (κ1) is 42.7. The molecule has 1 saturated carbocycles. The van der Waals surface area contributed by atoms with Crippen molar-refractivity contribution >= 4 is 57.3 Å². The van der Waals surface area contributed by atoms with Crippen LogP contribution in [0.3, 0.4) is 0 Å². The summed E-state index contributed by atoms with van der Waals surface area (Å²) in [6.45, 7) is 3.21. The Balaban J connectivity index is 0.731. The van der Waals surface area contributed by atoms with E-state index in [1.54, 1.807) is 31.3 Å². The molecule has 2 aliphatic heterocycles. The number of hydrogen-bond donors (Lipinski definition) is 3. The number of nitrogens with zero attached hydrogens (tertiary/aromatic N) is 5. The largest absolute Gasteiger partial charge is 0.391 e. The average Bonchev–Trinajstić information content (AvgIpc) is 3.83. The maximum Gasteiger partial charge on any atom is 0.391 e. The van der Waals surface area contributed by atoms with E-state index < -0.39 is 41.8 Å². The highest BCUT2D eigenvalue weighted by Gasteiger charge is 2.46. The Kier molecular flexibility index (Phi) is 13.4. The highest BCUT2D eigenvalue weighted by Crippen LogP contribution is 2.43. The summed E-state index contributed by atoms with van der Waals surface area (Å²) in [7, 11) is 1.69. The van der Waals surface area contributed by atoms with Gasteiger partial charge in [-0.25, -0.2) is 0 Å². The SMILES string of the molecule is Cn1nc2c3cc(C(=O)NCCOCCOCCOCCOCCNc4cccc5c4C(=O)N(C4CCC(=O)NC4=O)C5=O)ccc3n(C3CCC(C(F)(F)F)CC3)c2n1. The molecule has 4 aromatic rings. The number of hydrogen-bond acceptors (Lipinski definition) is 12. The number of piperidine rings is 1. The molecule has 322 valence electrons. The molecule has 60 heavy (non-hydrogen) atoms. The lowest BCUT2D eigenvalue weighted by molar-refractivity contribution is -0.183. The van der Waals surface area contributed by atoms with Gasteiger partial charge in [-0.05, 0) is 62.4 Å². The molecule has 2 fully saturated rings. The van der Waals surface area contributed by atoms with E-state index in [0.29, 0.717) is 88.0 Å². The quantitative estimate of drug-likeness (QED) is 0.0920. The number of rotatable bonds is 19. The first-order chi connectivity index (χ1) is 28.9. The molecule has 2 aromatic heterocycles. The van der Waals surface area contributed by atoms with Crippen LogP contribution in [0.4, 0.5) is 18.9 Å². The summed E-state index contributed by atoms with van der Waals surface area (Å²) in [5.74, 6) is -3.83. The number of alkyl halides is 3. The van der Waals surface area contributed by atoms with Crippen molar-refractivity contribution in [1.29, 1.82) is 0 Å². The number of imide groups is 2. The number of fused-ring (bicyclic) bond motifs is 4. The number of aryl methyl sites for hydroxylation is 1. The standard InChI is InChI=1S/C40H47F3N8O9/c1-49-47-34-28-23-24(5-10-30(28)50(35(34)48-49)26-8-6-25(7-9-26)40(41,42)43)36(53)45-14-16-58-18-20-60-22-21-59-19-17-57-15-13-44-29-4-2-3-27-33(29)39(56)51(38(27)55)31-11-12-32(52)46-37(31)54/h2-5,10,23,25-26,31,44H,6-9,11-22H2,1H3,(H,45,53)(H,46,52,54). The molecule has 3 aliphatic rings. The van der Waals surface area contributed by atoms with Gasteiger partial charge < -0.3 is 34.1 Å². The van der Waals surface area contributed by atoms with E-state index in [1.807, 2.05) is 10.6 Å². The molecule has 2 aromatic carbocycles. The van der Waals surface area contributed by atoms with E-state index in [9.17, 15) is 37.1 Å². The van der Waals surface area contributed by atoms with E-state index in [0.717, 1.165) is 15.8 Å². The van der Waals surface area contributed by atoms with Gasteiger partial charge in [0.2, 0.25) is 11.8 Å². The number of benzene rings is 2. The van der Waals surface area contributed by atoms with E-state index in [-0.39, 0.29) is 61.9 Å². The third-order valence-corrected chi connectivity index (χ3v) is 10.9. The van der Waals surface area contributed by atoms with Crippen molar-refractivity contribution < 1.29 is 56.1 Å². The number of carbonyl (C=O) groups excluding carboxylic acids is 5. The lowest BCUT2D eigenvalue weighted by atomic mass is 9.85. The Bertz CT molecular complexity index is 2230. The van der Waals surface area contributed by atoms with Crippen molar-refractivity contribution in [3.63, 3.8) is 0 Å². The summed E-state index contributed by atoms with van der Waals surface area (Å²) in [4.78, 5) is 65.4. The first-order valence-electron chi connectivity index (χ1n) is 20.0. The lowest BCUT2D eigenvalue weighted by Crippen LogP contribution is -2.54. The summed E-state index contributed by atoms with van der Waals surface area (Å²) in [5, 5.41) is 17.9. The van der Waals surface area contributed by atoms with Gasteiger partial charge in [0, 0.05) is 49.2 Å². The van der Waals surface area contributed by atoms with Gasteiger partial charge in [0.25, 0.3) is 17.7 Å². The van der Waals surface area contributed by atoms with Gasteiger partial charge in [-0.3, -0.25) is 34.2 Å². The second-order valence-electron chi connectivity index (χ2n) is 14.8. The second-order valence-corrected chi connectivity index (χ2v) is 14.8. The van der Waals surface area contributed by atoms with Crippen molar-refractivity contribution in [3.8, 4) is 0 Å². The third kappa shape index (κ3) is 9.46. The lowest BCUT2D eigenvalue weighted by Gasteiger charge is -2.31. The van der Waals surface area contributed by atoms with Crippen LogP contribution in [-0.2, 0) is 35.6 Å². The number of ether oxygens (including phenoxy) is 4. The van der Waals surface area contributed by atoms with Crippen LogP contribution in [0.2, 0.25) is 0 Å². The van der Waals surface area contributed by atoms with E-state index >= 15 is 0 Å². The molecule has 1 aliphatic carbocycles. The number of nitrogens with one attached hydrogen (secondary N) is 3. The Morgan fingerprint density at radius 3 is 2.17 bits per heavy atom. The minimum atomic E-state index is -4.19. The molecule has 1 unspecified atom stereocenters. The first-order valence-corrected chi connectivity index (χ1v) is 20.0. The van der Waals surface area contributed by atoms with Gasteiger partial charge in [-0.15, -0.1) is 5.10 Å². The molecule has 0 bridgehead atoms. The highest BCUT2D eigenvalue weighted by atomic mass is 19.4. The fourth-order valence-corrected chi connectivity index (χ4v) is 7.98. The predicted molar refractivity (Wildman–Crippen MR) is 208 cm³/mol. The van der Waals surface area contributed by atoms with Crippen LogP contribution in [0.1, 0.15) is 75.6 Å². The van der Waals surface area contributed by atoms with Crippen molar-refractivity contribution in [2.45, 2.75) is 56.8 Å². The zero-order chi connectivity index (χ0) is 42.4. The van der Waals surface area contributed by atoms with Crippen LogP contribution in [0.15, 0.2) is 36.4 Å². The number of halogens is 3. The maximum absolute atomic E-state index is 13.3. The molecule has 0 spiro atoms. The monoisotopic (exact) mass is 840 g/mol. The highest BCUT2D eigenvalue weighted by molar-refractivity contribution is 6.25. The summed E-state index contributed by atoms with van der Waals surface area (Å²) in [6.07, 6.45) is -3.17. The van der Waals surface area contributed by atoms with Gasteiger partial charge in [0.05, 0.1) is 75.4 Å². The molecule has 7 rings (SSSR count). The van der Waals surface area contributed by atoms with Crippen LogP contribution in [0, 0.1) is 5.92 Å². The molecule has 20 heteroatoms. The van der Waals surface area contributed by atoms with Gasteiger partial charge in [0.1, 0.15) is 11.6 Å². The predicted octanol–water partition coefficient (Wildman–Crippen LogP) is 3.53. The number of aromatic nitrogens is 4. The van der Waals surface area contributed by atoms with Gasteiger partial charge in [0.15, 0.2) is 5.65 Å². The van der Waals surface area contributed by atoms with E-state index in [2.05, 4.69) is 26.1 Å². The zero-order valence-electron chi connectivity index (χ0n) is 33.1. The molecule has 5 amide bonds. The molecule has 1 saturated heterocycles. The van der Waals surface area contributed by atoms with Crippen molar-refractivity contribution in [3.05, 3.63) is 53.1 Å². The average molecular weight is 841 g/mol. The van der Waals surface area contributed by atoms with Crippen LogP contribution in [-0.4, -0.2) is 132 Å². The smallest absolute Gasteiger partial charge is 0.382 e. The minimum absolute atomic E-state index is 0.0466. The Morgan fingerprint density at radius 2 is 1.50 bits per heavy atom. The Labute approximate surface area is 342 Å². The van der Waals surface area contributed by atoms with Gasteiger partial charge in [-0.2, -0.15) is 23.1 Å².